The molecule has 0 saturated carbocycles. The van der Waals surface area contributed by atoms with Crippen molar-refractivity contribution in [1.29, 1.82) is 0 Å². The van der Waals surface area contributed by atoms with E-state index < -0.39 is 28.0 Å². The fourth-order valence-electron chi connectivity index (χ4n) is 2.81. The minimum absolute atomic E-state index is 0.135. The van der Waals surface area contributed by atoms with Crippen molar-refractivity contribution >= 4 is 16.0 Å². The molecule has 7 heteroatoms. The van der Waals surface area contributed by atoms with Gasteiger partial charge >= 0.3 is 5.97 Å². The maximum atomic E-state index is 12.8. The fourth-order valence-corrected chi connectivity index (χ4v) is 4.55. The summed E-state index contributed by atoms with van der Waals surface area (Å²) in [5.41, 5.74) is 0. The van der Waals surface area contributed by atoms with Crippen LogP contribution >= 0.6 is 0 Å². The molecule has 0 aliphatic carbocycles. The smallest absolute Gasteiger partial charge is 0.308 e. The van der Waals surface area contributed by atoms with Crippen molar-refractivity contribution in [1.82, 2.24) is 4.31 Å². The molecule has 2 rings (SSSR count). The van der Waals surface area contributed by atoms with Crippen molar-refractivity contribution in [3.8, 4) is 5.75 Å². The van der Waals surface area contributed by atoms with E-state index in [1.54, 1.807) is 19.1 Å². The summed E-state index contributed by atoms with van der Waals surface area (Å²) >= 11 is 0. The highest BCUT2D eigenvalue weighted by atomic mass is 32.2. The molecule has 122 valence electrons. The van der Waals surface area contributed by atoms with Crippen LogP contribution < -0.4 is 4.74 Å². The third-order valence-corrected chi connectivity index (χ3v) is 5.95. The predicted octanol–water partition coefficient (Wildman–Crippen LogP) is 1.96. The van der Waals surface area contributed by atoms with E-state index in [0.717, 1.165) is 0 Å². The Kier molecular flexibility index (Phi) is 5.08. The Morgan fingerprint density at radius 1 is 1.45 bits per heavy atom. The van der Waals surface area contributed by atoms with E-state index in [4.69, 9.17) is 4.74 Å². The summed E-state index contributed by atoms with van der Waals surface area (Å²) < 4.78 is 32.2. The summed E-state index contributed by atoms with van der Waals surface area (Å²) in [6.45, 7) is 4.27. The zero-order valence-corrected chi connectivity index (χ0v) is 13.5. The lowest BCUT2D eigenvalue weighted by Gasteiger charge is -2.36. The van der Waals surface area contributed by atoms with Crippen molar-refractivity contribution in [3.05, 3.63) is 24.3 Å². The van der Waals surface area contributed by atoms with E-state index >= 15 is 0 Å². The molecule has 2 atom stereocenters. The van der Waals surface area contributed by atoms with Crippen LogP contribution in [0.25, 0.3) is 0 Å². The van der Waals surface area contributed by atoms with Crippen molar-refractivity contribution < 1.29 is 23.1 Å². The average molecular weight is 327 g/mol. The molecule has 1 aromatic carbocycles. The Balaban J connectivity index is 2.33. The van der Waals surface area contributed by atoms with E-state index in [-0.39, 0.29) is 4.90 Å². The summed E-state index contributed by atoms with van der Waals surface area (Å²) in [5.74, 6) is -1.13. The minimum Gasteiger partial charge on any atom is -0.494 e. The average Bonchev–Trinajstić information content (AvgIpc) is 2.47. The van der Waals surface area contributed by atoms with Crippen LogP contribution in [0.15, 0.2) is 29.2 Å². The van der Waals surface area contributed by atoms with Gasteiger partial charge in [0.1, 0.15) is 5.75 Å². The number of carboxylic acids is 1. The number of hydrogen-bond donors (Lipinski definition) is 1. The highest BCUT2D eigenvalue weighted by molar-refractivity contribution is 7.89. The van der Waals surface area contributed by atoms with Gasteiger partial charge in [0.25, 0.3) is 0 Å². The molecule has 0 unspecified atom stereocenters. The van der Waals surface area contributed by atoms with Gasteiger partial charge in [0.05, 0.1) is 17.4 Å². The molecule has 0 aromatic heterocycles. The second-order valence-corrected chi connectivity index (χ2v) is 7.24. The molecular formula is C15H21NO5S. The van der Waals surface area contributed by atoms with Gasteiger partial charge in [0, 0.05) is 18.7 Å². The van der Waals surface area contributed by atoms with Crippen LogP contribution in [0.4, 0.5) is 0 Å². The van der Waals surface area contributed by atoms with Crippen molar-refractivity contribution in [2.75, 3.05) is 13.2 Å². The van der Waals surface area contributed by atoms with Crippen LogP contribution in [0, 0.1) is 5.92 Å². The first-order valence-electron chi connectivity index (χ1n) is 7.35. The standard InChI is InChI=1S/C15H21NO5S/c1-3-21-12-6-4-7-13(10-12)22(19,20)16-9-5-8-14(11(16)2)15(17)18/h4,6-7,10-11,14H,3,5,8-9H2,1-2H3,(H,17,18)/t11-,14-/m0/s1. The third-order valence-electron chi connectivity index (χ3n) is 3.97. The number of ether oxygens (including phenoxy) is 1. The molecular weight excluding hydrogens is 306 g/mol. The van der Waals surface area contributed by atoms with Gasteiger partial charge in [-0.25, -0.2) is 8.42 Å². The Morgan fingerprint density at radius 3 is 2.82 bits per heavy atom. The largest absolute Gasteiger partial charge is 0.494 e. The lowest BCUT2D eigenvalue weighted by molar-refractivity contribution is -0.144. The Labute approximate surface area is 130 Å². The molecule has 0 radical (unpaired) electrons. The van der Waals surface area contributed by atoms with Crippen molar-refractivity contribution in [2.24, 2.45) is 5.92 Å². The number of carboxylic acid groups (broad SMARTS) is 1. The summed E-state index contributed by atoms with van der Waals surface area (Å²) in [4.78, 5) is 11.4. The molecule has 0 bridgehead atoms. The number of benzene rings is 1. The van der Waals surface area contributed by atoms with E-state index in [9.17, 15) is 18.3 Å². The Morgan fingerprint density at radius 2 is 2.18 bits per heavy atom. The van der Waals surface area contributed by atoms with E-state index in [1.165, 1.54) is 16.4 Å². The summed E-state index contributed by atoms with van der Waals surface area (Å²) in [6.07, 6.45) is 1.05. The highest BCUT2D eigenvalue weighted by Gasteiger charge is 2.39. The number of rotatable bonds is 5. The second kappa shape index (κ2) is 6.66. The van der Waals surface area contributed by atoms with Gasteiger partial charge in [0.2, 0.25) is 10.0 Å². The van der Waals surface area contributed by atoms with E-state index in [2.05, 4.69) is 0 Å². The second-order valence-electron chi connectivity index (χ2n) is 5.35. The van der Waals surface area contributed by atoms with Crippen LogP contribution in [0.5, 0.6) is 5.75 Å². The molecule has 1 N–H and O–H groups in total. The molecule has 0 spiro atoms. The first-order chi connectivity index (χ1) is 10.4. The number of aliphatic carboxylic acids is 1. The molecule has 6 nitrogen and oxygen atoms in total. The third kappa shape index (κ3) is 3.25. The fraction of sp³-hybridized carbons (Fsp3) is 0.533. The van der Waals surface area contributed by atoms with Gasteiger partial charge in [0.15, 0.2) is 0 Å². The van der Waals surface area contributed by atoms with E-state index in [1.807, 2.05) is 6.92 Å². The Bertz CT molecular complexity index is 643. The zero-order chi connectivity index (χ0) is 16.3. The number of piperidine rings is 1. The highest BCUT2D eigenvalue weighted by Crippen LogP contribution is 2.30. The number of hydrogen-bond acceptors (Lipinski definition) is 4. The normalized spacial score (nSPS) is 23.2. The monoisotopic (exact) mass is 327 g/mol. The van der Waals surface area contributed by atoms with Crippen LogP contribution in [0.2, 0.25) is 0 Å². The SMILES string of the molecule is CCOc1cccc(S(=O)(=O)N2CCC[C@H](C(=O)O)[C@@H]2C)c1. The van der Waals surface area contributed by atoms with E-state index in [0.29, 0.717) is 31.7 Å². The molecule has 1 aliphatic rings. The maximum absolute atomic E-state index is 12.8. The molecule has 1 heterocycles. The molecule has 1 saturated heterocycles. The van der Waals surface area contributed by atoms with Crippen molar-refractivity contribution in [3.63, 3.8) is 0 Å². The van der Waals surface area contributed by atoms with Gasteiger partial charge in [-0.3, -0.25) is 4.79 Å². The molecule has 1 fully saturated rings. The van der Waals surface area contributed by atoms with Crippen LogP contribution in [-0.4, -0.2) is 43.0 Å². The van der Waals surface area contributed by atoms with Crippen molar-refractivity contribution in [2.45, 2.75) is 37.6 Å². The summed E-state index contributed by atoms with van der Waals surface area (Å²) in [7, 11) is -3.73. The van der Waals surface area contributed by atoms with Gasteiger partial charge in [-0.05, 0) is 38.8 Å². The Hall–Kier alpha value is -1.60. The maximum Gasteiger partial charge on any atom is 0.308 e. The predicted molar refractivity (Wildman–Crippen MR) is 81.3 cm³/mol. The minimum atomic E-state index is -3.73. The van der Waals surface area contributed by atoms with Gasteiger partial charge in [-0.15, -0.1) is 0 Å². The van der Waals surface area contributed by atoms with Crippen LogP contribution in [0.3, 0.4) is 0 Å². The molecule has 1 aromatic rings. The summed E-state index contributed by atoms with van der Waals surface area (Å²) in [6, 6.07) is 5.75. The number of nitrogens with zero attached hydrogens (tertiary/aromatic N) is 1. The zero-order valence-electron chi connectivity index (χ0n) is 12.7. The van der Waals surface area contributed by atoms with Gasteiger partial charge < -0.3 is 9.84 Å². The first kappa shape index (κ1) is 16.8. The molecule has 22 heavy (non-hydrogen) atoms. The summed E-state index contributed by atoms with van der Waals surface area (Å²) in [5, 5.41) is 9.24. The topological polar surface area (TPSA) is 83.9 Å². The van der Waals surface area contributed by atoms with Gasteiger partial charge in [-0.1, -0.05) is 6.07 Å². The lowest BCUT2D eigenvalue weighted by atomic mass is 9.92. The number of carbonyl (C=O) groups is 1. The number of sulfonamides is 1. The molecule has 1 aliphatic heterocycles. The lowest BCUT2D eigenvalue weighted by Crippen LogP contribution is -2.48. The van der Waals surface area contributed by atoms with Crippen LogP contribution in [-0.2, 0) is 14.8 Å². The quantitative estimate of drug-likeness (QED) is 0.894. The van der Waals surface area contributed by atoms with Gasteiger partial charge in [-0.2, -0.15) is 4.31 Å². The first-order valence-corrected chi connectivity index (χ1v) is 8.79. The van der Waals surface area contributed by atoms with Crippen LogP contribution in [0.1, 0.15) is 26.7 Å². The molecule has 0 amide bonds.